The van der Waals surface area contributed by atoms with Gasteiger partial charge in [-0.1, -0.05) is 5.21 Å². The van der Waals surface area contributed by atoms with Gasteiger partial charge in [-0.05, 0) is 19.8 Å². The molecule has 4 heterocycles. The number of hydrogen-bond acceptors (Lipinski definition) is 10. The van der Waals surface area contributed by atoms with E-state index in [1.165, 1.54) is 24.0 Å². The fourth-order valence-electron chi connectivity index (χ4n) is 4.57. The topological polar surface area (TPSA) is 218 Å². The fourth-order valence-corrected chi connectivity index (χ4v) is 6.93. The molecule has 0 spiro atoms. The molecule has 0 saturated carbocycles. The summed E-state index contributed by atoms with van der Waals surface area (Å²) in [6.45, 7) is 2.30. The summed E-state index contributed by atoms with van der Waals surface area (Å²) in [5.74, 6) is -3.95. The number of hydrogen-bond donors (Lipinski definition) is 4. The van der Waals surface area contributed by atoms with Gasteiger partial charge >= 0.3 is 13.1 Å². The van der Waals surface area contributed by atoms with Crippen LogP contribution in [-0.2, 0) is 40.2 Å². The summed E-state index contributed by atoms with van der Waals surface area (Å²) in [4.78, 5) is 46.3. The Morgan fingerprint density at radius 1 is 1.31 bits per heavy atom. The van der Waals surface area contributed by atoms with Crippen molar-refractivity contribution in [2.75, 3.05) is 0 Å². The summed E-state index contributed by atoms with van der Waals surface area (Å²) in [6, 6.07) is -1.32. The zero-order valence-corrected chi connectivity index (χ0v) is 19.8. The lowest BCUT2D eigenvalue weighted by molar-refractivity contribution is -0.150. The highest BCUT2D eigenvalue weighted by Gasteiger charge is 2.70. The van der Waals surface area contributed by atoms with E-state index in [2.05, 4.69) is 15.6 Å². The van der Waals surface area contributed by atoms with Crippen LogP contribution >= 0.6 is 0 Å². The highest BCUT2D eigenvalue weighted by molar-refractivity contribution is 7.93. The molecule has 17 heteroatoms. The first-order valence-electron chi connectivity index (χ1n) is 10.7. The molecule has 3 aliphatic rings. The molecule has 1 aromatic rings. The molecule has 192 valence electrons. The number of aliphatic carboxylic acids is 2. The van der Waals surface area contributed by atoms with Crippen molar-refractivity contribution in [1.29, 1.82) is 0 Å². The summed E-state index contributed by atoms with van der Waals surface area (Å²) in [6.07, 6.45) is 2.22. The van der Waals surface area contributed by atoms with E-state index in [9.17, 15) is 27.8 Å². The molecule has 0 aliphatic carbocycles. The van der Waals surface area contributed by atoms with Gasteiger partial charge in [-0.3, -0.25) is 23.9 Å². The van der Waals surface area contributed by atoms with Crippen molar-refractivity contribution in [2.24, 2.45) is 0 Å². The third-order valence-corrected chi connectivity index (χ3v) is 8.98. The Bertz CT molecular complexity index is 1100. The monoisotopic (exact) mass is 515 g/mol. The first-order chi connectivity index (χ1) is 16.3. The Morgan fingerprint density at radius 3 is 2.49 bits per heavy atom. The van der Waals surface area contributed by atoms with Crippen LogP contribution in [-0.4, -0.2) is 103 Å². The Morgan fingerprint density at radius 2 is 1.97 bits per heavy atom. The number of carboxylic acid groups (broad SMARTS) is 2. The summed E-state index contributed by atoms with van der Waals surface area (Å²) >= 11 is 0. The molecular weight excluding hydrogens is 489 g/mol. The third-order valence-electron chi connectivity index (χ3n) is 6.21. The highest BCUT2D eigenvalue weighted by atomic mass is 32.2. The molecule has 0 bridgehead atoms. The average molecular weight is 515 g/mol. The minimum atomic E-state index is -3.91. The fraction of sp³-hybridized carbons (Fsp3) is 0.667. The molecule has 3 fully saturated rings. The number of carbonyl (C=O) groups is 4. The second-order valence-corrected chi connectivity index (χ2v) is 11.3. The van der Waals surface area contributed by atoms with Crippen molar-refractivity contribution in [3.8, 4) is 0 Å². The Labute approximate surface area is 200 Å². The van der Waals surface area contributed by atoms with E-state index in [1.54, 1.807) is 0 Å². The Balaban J connectivity index is 0.000000795. The number of carbonyl (C=O) groups excluding carboxylic acids is 2. The minimum absolute atomic E-state index is 0.182. The standard InChI is InChI=1S/C16H22BN5O8S.C2H4O2/c1-16(8-21-5-4-18-20-21)14(22-11(23)7-12(22)31(16,28)29)15(26)19-10-3-2-9(6-13(24)25)30-17(10)27;1-2(3)4/h4-5,9-10,12,14,27H,2-3,6-8H2,1H3,(H,19,26)(H,24,25);1H3,(H,3,4)/t9-,10-,12+,14-,16-;/m0./s1. The zero-order valence-electron chi connectivity index (χ0n) is 19.0. The maximum Gasteiger partial charge on any atom is 0.478 e. The SMILES string of the molecule is CC(=O)O.C[C@]1(Cn2ccnn2)[C@H](C(=O)N[C@H]2CC[C@@H](CC(=O)O)OB2O)N2C(=O)C[C@H]2S1(=O)=O. The highest BCUT2D eigenvalue weighted by Crippen LogP contribution is 2.46. The molecule has 35 heavy (non-hydrogen) atoms. The molecule has 5 atom stereocenters. The lowest BCUT2D eigenvalue weighted by Crippen LogP contribution is -2.63. The number of nitrogens with one attached hydrogen (secondary N) is 1. The van der Waals surface area contributed by atoms with Crippen LogP contribution in [0.5, 0.6) is 0 Å². The van der Waals surface area contributed by atoms with Gasteiger partial charge in [0.2, 0.25) is 11.8 Å². The molecular formula is C18H26BN5O10S. The van der Waals surface area contributed by atoms with E-state index in [1.807, 2.05) is 0 Å². The first kappa shape index (κ1) is 26.6. The van der Waals surface area contributed by atoms with Crippen molar-refractivity contribution >= 4 is 40.7 Å². The van der Waals surface area contributed by atoms with Crippen LogP contribution in [0.25, 0.3) is 0 Å². The molecule has 4 rings (SSSR count). The second-order valence-electron chi connectivity index (χ2n) is 8.78. The van der Waals surface area contributed by atoms with Crippen LogP contribution in [0.1, 0.15) is 39.5 Å². The number of nitrogens with zero attached hydrogens (tertiary/aromatic N) is 4. The van der Waals surface area contributed by atoms with Gasteiger partial charge in [0, 0.05) is 13.1 Å². The third kappa shape index (κ3) is 5.15. The molecule has 4 N–H and O–H groups in total. The number of rotatable bonds is 6. The lowest BCUT2D eigenvalue weighted by atomic mass is 9.72. The molecule has 0 aromatic carbocycles. The normalized spacial score (nSPS) is 31.0. The molecule has 1 aromatic heterocycles. The number of fused-ring (bicyclic) bond motifs is 1. The van der Waals surface area contributed by atoms with Crippen molar-refractivity contribution < 1.29 is 47.5 Å². The van der Waals surface area contributed by atoms with Gasteiger partial charge in [-0.25, -0.2) is 8.42 Å². The number of β-lactam (4-membered cyclic amide) rings is 1. The van der Waals surface area contributed by atoms with Crippen LogP contribution in [0.4, 0.5) is 0 Å². The summed E-state index contributed by atoms with van der Waals surface area (Å²) in [5, 5.41) is 35.5. The average Bonchev–Trinajstić information content (AvgIpc) is 3.27. The van der Waals surface area contributed by atoms with Crippen LogP contribution in [0.3, 0.4) is 0 Å². The van der Waals surface area contributed by atoms with Crippen molar-refractivity contribution in [3.63, 3.8) is 0 Å². The number of amides is 2. The van der Waals surface area contributed by atoms with E-state index >= 15 is 0 Å². The predicted octanol–water partition coefficient (Wildman–Crippen LogP) is -2.36. The van der Waals surface area contributed by atoms with Gasteiger partial charge in [0.25, 0.3) is 5.97 Å². The van der Waals surface area contributed by atoms with Crippen LogP contribution < -0.4 is 5.32 Å². The quantitative estimate of drug-likeness (QED) is 0.231. The van der Waals surface area contributed by atoms with E-state index in [0.717, 1.165) is 11.8 Å². The number of carboxylic acids is 2. The first-order valence-corrected chi connectivity index (χ1v) is 12.3. The van der Waals surface area contributed by atoms with Crippen LogP contribution in [0.15, 0.2) is 12.4 Å². The Hall–Kier alpha value is -3.05. The van der Waals surface area contributed by atoms with E-state index in [-0.39, 0.29) is 25.8 Å². The minimum Gasteiger partial charge on any atom is -0.481 e. The van der Waals surface area contributed by atoms with Crippen molar-refractivity contribution in [2.45, 2.75) is 74.3 Å². The number of aromatic nitrogens is 3. The van der Waals surface area contributed by atoms with Crippen molar-refractivity contribution in [1.82, 2.24) is 25.2 Å². The molecule has 2 amide bonds. The molecule has 3 aliphatic heterocycles. The molecule has 3 saturated heterocycles. The molecule has 0 radical (unpaired) electrons. The van der Waals surface area contributed by atoms with Crippen LogP contribution in [0.2, 0.25) is 0 Å². The molecule has 0 unspecified atom stereocenters. The summed E-state index contributed by atoms with van der Waals surface area (Å²) in [7, 11) is -5.37. The predicted molar refractivity (Wildman–Crippen MR) is 116 cm³/mol. The second kappa shape index (κ2) is 9.90. The van der Waals surface area contributed by atoms with E-state index in [0.29, 0.717) is 6.42 Å². The molecule has 15 nitrogen and oxygen atoms in total. The van der Waals surface area contributed by atoms with Gasteiger partial charge < -0.3 is 30.1 Å². The maximum absolute atomic E-state index is 13.2. The maximum atomic E-state index is 13.2. The van der Waals surface area contributed by atoms with Crippen LogP contribution in [0, 0.1) is 0 Å². The number of sulfone groups is 1. The van der Waals surface area contributed by atoms with Gasteiger partial charge in [0.1, 0.15) is 16.2 Å². The van der Waals surface area contributed by atoms with Crippen molar-refractivity contribution in [3.05, 3.63) is 12.4 Å². The van der Waals surface area contributed by atoms with E-state index < -0.39 is 68.9 Å². The Kier molecular flexibility index (Phi) is 7.52. The van der Waals surface area contributed by atoms with Gasteiger partial charge in [0.05, 0.1) is 37.6 Å². The largest absolute Gasteiger partial charge is 0.481 e. The zero-order chi connectivity index (χ0) is 26.1. The smallest absolute Gasteiger partial charge is 0.478 e. The van der Waals surface area contributed by atoms with Gasteiger partial charge in [-0.15, -0.1) is 5.10 Å². The van der Waals surface area contributed by atoms with E-state index in [4.69, 9.17) is 19.7 Å². The van der Waals surface area contributed by atoms with Gasteiger partial charge in [0.15, 0.2) is 9.84 Å². The van der Waals surface area contributed by atoms with Gasteiger partial charge in [-0.2, -0.15) is 0 Å². The lowest BCUT2D eigenvalue weighted by Gasteiger charge is -2.38. The summed E-state index contributed by atoms with van der Waals surface area (Å²) in [5.41, 5.74) is 0. The summed E-state index contributed by atoms with van der Waals surface area (Å²) < 4.78 is 31.3.